The average molecular weight is 254 g/mol. The lowest BCUT2D eigenvalue weighted by molar-refractivity contribution is -0.117. The highest BCUT2D eigenvalue weighted by molar-refractivity contribution is 5.93. The van der Waals surface area contributed by atoms with Crippen LogP contribution in [0.3, 0.4) is 0 Å². The number of aryl methyl sites for hydroxylation is 2. The molecule has 0 saturated carbocycles. The Balaban J connectivity index is 2.60. The topological polar surface area (TPSA) is 81.2 Å². The molecular formula is C12H22N4O2. The summed E-state index contributed by atoms with van der Waals surface area (Å²) in [5.41, 5.74) is 2.37. The Morgan fingerprint density at radius 2 is 2.17 bits per heavy atom. The summed E-state index contributed by atoms with van der Waals surface area (Å²) in [5, 5.41) is 18.7. The molecule has 0 bridgehead atoms. The van der Waals surface area contributed by atoms with Gasteiger partial charge >= 0.3 is 0 Å². The van der Waals surface area contributed by atoms with Gasteiger partial charge in [0.2, 0.25) is 5.91 Å². The molecule has 0 aromatic carbocycles. The molecule has 6 heteroatoms. The second-order valence-electron chi connectivity index (χ2n) is 4.65. The van der Waals surface area contributed by atoms with Crippen LogP contribution in [0.2, 0.25) is 0 Å². The molecule has 1 amide bonds. The van der Waals surface area contributed by atoms with Crippen molar-refractivity contribution < 1.29 is 9.90 Å². The van der Waals surface area contributed by atoms with Crippen molar-refractivity contribution >= 4 is 11.6 Å². The Morgan fingerprint density at radius 3 is 2.61 bits per heavy atom. The Labute approximate surface area is 107 Å². The third kappa shape index (κ3) is 3.82. The van der Waals surface area contributed by atoms with Gasteiger partial charge in [-0.15, -0.1) is 0 Å². The summed E-state index contributed by atoms with van der Waals surface area (Å²) in [6.45, 7) is 8.51. The first-order valence-electron chi connectivity index (χ1n) is 6.12. The van der Waals surface area contributed by atoms with Crippen LogP contribution in [-0.2, 0) is 4.79 Å². The van der Waals surface area contributed by atoms with E-state index in [-0.39, 0.29) is 25.1 Å². The highest BCUT2D eigenvalue weighted by Gasteiger charge is 2.15. The number of rotatable bonds is 6. The fraction of sp³-hybridized carbons (Fsp3) is 0.667. The molecule has 1 heterocycles. The molecule has 6 nitrogen and oxygen atoms in total. The van der Waals surface area contributed by atoms with Gasteiger partial charge in [0.05, 0.1) is 30.2 Å². The molecule has 1 rings (SSSR count). The van der Waals surface area contributed by atoms with Crippen LogP contribution in [0.5, 0.6) is 0 Å². The number of carbonyl (C=O) groups is 1. The highest BCUT2D eigenvalue weighted by atomic mass is 16.3. The summed E-state index contributed by atoms with van der Waals surface area (Å²) in [6, 6.07) is 0.217. The number of hydrogen-bond donors (Lipinski definition) is 3. The van der Waals surface area contributed by atoms with Gasteiger partial charge in [-0.2, -0.15) is 5.10 Å². The number of nitrogens with zero attached hydrogens (tertiary/aromatic N) is 2. The van der Waals surface area contributed by atoms with Gasteiger partial charge in [0.15, 0.2) is 0 Å². The van der Waals surface area contributed by atoms with Crippen molar-refractivity contribution in [2.75, 3.05) is 25.0 Å². The van der Waals surface area contributed by atoms with Gasteiger partial charge in [0, 0.05) is 12.6 Å². The fourth-order valence-corrected chi connectivity index (χ4v) is 1.75. The number of aromatic nitrogens is 2. The zero-order valence-corrected chi connectivity index (χ0v) is 11.4. The van der Waals surface area contributed by atoms with E-state index in [0.717, 1.165) is 17.1 Å². The van der Waals surface area contributed by atoms with E-state index < -0.39 is 0 Å². The molecule has 0 radical (unpaired) electrons. The van der Waals surface area contributed by atoms with Crippen molar-refractivity contribution in [1.29, 1.82) is 0 Å². The predicted molar refractivity (Wildman–Crippen MR) is 70.5 cm³/mol. The van der Waals surface area contributed by atoms with E-state index in [4.69, 9.17) is 5.11 Å². The lowest BCUT2D eigenvalue weighted by atomic mass is 10.3. The van der Waals surface area contributed by atoms with Crippen LogP contribution in [0.15, 0.2) is 0 Å². The molecule has 0 atom stereocenters. The summed E-state index contributed by atoms with van der Waals surface area (Å²) in [4.78, 5) is 13.8. The Kier molecular flexibility index (Phi) is 5.30. The molecule has 0 aliphatic carbocycles. The molecule has 0 unspecified atom stereocenters. The van der Waals surface area contributed by atoms with Crippen molar-refractivity contribution in [1.82, 2.24) is 15.1 Å². The number of H-pyrrole nitrogens is 1. The third-order valence-electron chi connectivity index (χ3n) is 2.86. The number of aliphatic hydroxyl groups is 1. The van der Waals surface area contributed by atoms with Crippen molar-refractivity contribution in [3.8, 4) is 0 Å². The molecule has 0 aliphatic heterocycles. The van der Waals surface area contributed by atoms with Gasteiger partial charge in [0.25, 0.3) is 0 Å². The maximum Gasteiger partial charge on any atom is 0.238 e. The van der Waals surface area contributed by atoms with Gasteiger partial charge in [-0.3, -0.25) is 14.8 Å². The van der Waals surface area contributed by atoms with Crippen molar-refractivity contribution in [2.24, 2.45) is 0 Å². The fourth-order valence-electron chi connectivity index (χ4n) is 1.75. The van der Waals surface area contributed by atoms with Crippen molar-refractivity contribution in [3.05, 3.63) is 11.4 Å². The molecule has 0 aliphatic rings. The smallest absolute Gasteiger partial charge is 0.238 e. The number of aliphatic hydroxyl groups excluding tert-OH is 1. The predicted octanol–water partition coefficient (Wildman–Crippen LogP) is 0.668. The first-order valence-corrected chi connectivity index (χ1v) is 6.12. The van der Waals surface area contributed by atoms with Crippen LogP contribution in [0.4, 0.5) is 5.69 Å². The summed E-state index contributed by atoms with van der Waals surface area (Å²) < 4.78 is 0. The van der Waals surface area contributed by atoms with Crippen LogP contribution >= 0.6 is 0 Å². The van der Waals surface area contributed by atoms with E-state index in [1.165, 1.54) is 0 Å². The zero-order valence-electron chi connectivity index (χ0n) is 11.4. The number of hydrogen-bond acceptors (Lipinski definition) is 4. The van der Waals surface area contributed by atoms with E-state index in [1.807, 2.05) is 32.6 Å². The number of aromatic amines is 1. The monoisotopic (exact) mass is 254 g/mol. The van der Waals surface area contributed by atoms with Crippen LogP contribution < -0.4 is 5.32 Å². The Bertz CT molecular complexity index is 381. The number of carbonyl (C=O) groups excluding carboxylic acids is 1. The minimum Gasteiger partial charge on any atom is -0.395 e. The van der Waals surface area contributed by atoms with E-state index >= 15 is 0 Å². The maximum absolute atomic E-state index is 11.9. The van der Waals surface area contributed by atoms with Crippen molar-refractivity contribution in [3.63, 3.8) is 0 Å². The van der Waals surface area contributed by atoms with Gasteiger partial charge in [0.1, 0.15) is 0 Å². The van der Waals surface area contributed by atoms with Crippen LogP contribution in [0.25, 0.3) is 0 Å². The summed E-state index contributed by atoms with van der Waals surface area (Å²) >= 11 is 0. The van der Waals surface area contributed by atoms with Crippen LogP contribution in [0, 0.1) is 13.8 Å². The minimum atomic E-state index is -0.0928. The second-order valence-corrected chi connectivity index (χ2v) is 4.65. The lowest BCUT2D eigenvalue weighted by Gasteiger charge is -2.24. The first kappa shape index (κ1) is 14.7. The molecular weight excluding hydrogens is 232 g/mol. The van der Waals surface area contributed by atoms with E-state index in [1.54, 1.807) is 0 Å². The van der Waals surface area contributed by atoms with E-state index in [2.05, 4.69) is 15.5 Å². The molecule has 0 spiro atoms. The number of nitrogens with one attached hydrogen (secondary N) is 2. The molecule has 1 aromatic heterocycles. The maximum atomic E-state index is 11.9. The van der Waals surface area contributed by atoms with Crippen LogP contribution in [0.1, 0.15) is 25.2 Å². The molecule has 3 N–H and O–H groups in total. The molecule has 0 fully saturated rings. The highest BCUT2D eigenvalue weighted by Crippen LogP contribution is 2.15. The first-order chi connectivity index (χ1) is 8.45. The molecule has 1 aromatic rings. The summed E-state index contributed by atoms with van der Waals surface area (Å²) in [7, 11) is 0. The Hall–Kier alpha value is -1.40. The normalized spacial score (nSPS) is 11.3. The summed E-state index contributed by atoms with van der Waals surface area (Å²) in [6.07, 6.45) is 0. The van der Waals surface area contributed by atoms with Gasteiger partial charge < -0.3 is 10.4 Å². The minimum absolute atomic E-state index is 0.0508. The Morgan fingerprint density at radius 1 is 1.50 bits per heavy atom. The van der Waals surface area contributed by atoms with Crippen molar-refractivity contribution in [2.45, 2.75) is 33.7 Å². The van der Waals surface area contributed by atoms with Gasteiger partial charge in [-0.1, -0.05) is 0 Å². The van der Waals surface area contributed by atoms with Gasteiger partial charge in [-0.25, -0.2) is 0 Å². The number of amides is 1. The summed E-state index contributed by atoms with van der Waals surface area (Å²) in [5.74, 6) is -0.0928. The van der Waals surface area contributed by atoms with E-state index in [9.17, 15) is 4.79 Å². The zero-order chi connectivity index (χ0) is 13.7. The molecule has 102 valence electrons. The number of anilines is 1. The van der Waals surface area contributed by atoms with Crippen LogP contribution in [-0.4, -0.2) is 51.8 Å². The lowest BCUT2D eigenvalue weighted by Crippen LogP contribution is -2.39. The largest absolute Gasteiger partial charge is 0.395 e. The quantitative estimate of drug-likeness (QED) is 0.697. The second kappa shape index (κ2) is 6.51. The van der Waals surface area contributed by atoms with Gasteiger partial charge in [-0.05, 0) is 27.7 Å². The molecule has 0 saturated heterocycles. The third-order valence-corrected chi connectivity index (χ3v) is 2.86. The SMILES string of the molecule is Cc1n[nH]c(C)c1NC(=O)CN(CCO)C(C)C. The van der Waals surface area contributed by atoms with E-state index in [0.29, 0.717) is 6.54 Å². The standard InChI is InChI=1S/C12H22N4O2/c1-8(2)16(5-6-17)7-11(18)13-12-9(3)14-15-10(12)4/h8,17H,5-7H2,1-4H3,(H,13,18)(H,14,15). The molecule has 18 heavy (non-hydrogen) atoms. The average Bonchev–Trinajstić information content (AvgIpc) is 2.60.